The molecule has 0 spiro atoms. The van der Waals surface area contributed by atoms with E-state index >= 15 is 0 Å². The Labute approximate surface area is 125 Å². The van der Waals surface area contributed by atoms with Gasteiger partial charge in [-0.25, -0.2) is 0 Å². The van der Waals surface area contributed by atoms with Gasteiger partial charge in [-0.1, -0.05) is 19.1 Å². The lowest BCUT2D eigenvalue weighted by atomic mass is 10.1. The minimum absolute atomic E-state index is 0.0516. The number of rotatable bonds is 7. The molecule has 0 aliphatic rings. The van der Waals surface area contributed by atoms with Crippen LogP contribution in [0, 0.1) is 5.92 Å². The molecule has 0 radical (unpaired) electrons. The number of aliphatic carboxylic acids is 1. The highest BCUT2D eigenvalue weighted by Gasteiger charge is 2.07. The molecule has 0 saturated heterocycles. The molecule has 1 atom stereocenters. The van der Waals surface area contributed by atoms with Crippen molar-refractivity contribution >= 4 is 23.6 Å². The Morgan fingerprint density at radius 3 is 2.43 bits per heavy atom. The van der Waals surface area contributed by atoms with Gasteiger partial charge in [0.2, 0.25) is 5.91 Å². The molecule has 1 unspecified atom stereocenters. The Balaban J connectivity index is 2.45. The van der Waals surface area contributed by atoms with Crippen molar-refractivity contribution in [2.75, 3.05) is 25.5 Å². The van der Waals surface area contributed by atoms with Gasteiger partial charge < -0.3 is 15.3 Å². The molecule has 5 nitrogen and oxygen atoms in total. The van der Waals surface area contributed by atoms with Crippen LogP contribution >= 0.6 is 0 Å². The van der Waals surface area contributed by atoms with Crippen molar-refractivity contribution in [3.8, 4) is 0 Å². The average Bonchev–Trinajstić information content (AvgIpc) is 2.42. The molecule has 1 rings (SSSR count). The first-order chi connectivity index (χ1) is 9.88. The number of benzene rings is 1. The summed E-state index contributed by atoms with van der Waals surface area (Å²) in [6.45, 7) is 2.15. The second kappa shape index (κ2) is 8.09. The van der Waals surface area contributed by atoms with Crippen molar-refractivity contribution in [2.45, 2.75) is 13.3 Å². The van der Waals surface area contributed by atoms with Crippen LogP contribution in [0.3, 0.4) is 0 Å². The second-order valence-electron chi connectivity index (χ2n) is 5.27. The Bertz CT molecular complexity index is 507. The molecule has 0 fully saturated rings. The fourth-order valence-corrected chi connectivity index (χ4v) is 1.76. The number of nitrogens with zero attached hydrogens (tertiary/aromatic N) is 1. The summed E-state index contributed by atoms with van der Waals surface area (Å²) >= 11 is 0. The minimum Gasteiger partial charge on any atom is -0.481 e. The monoisotopic (exact) mass is 290 g/mol. The van der Waals surface area contributed by atoms with Crippen molar-refractivity contribution in [1.82, 2.24) is 5.32 Å². The SMILES string of the molecule is CC(CNC(=O)/C=C/c1ccc(N(C)C)cc1)CC(=O)O. The first-order valence-corrected chi connectivity index (χ1v) is 6.83. The fourth-order valence-electron chi connectivity index (χ4n) is 1.76. The zero-order valence-electron chi connectivity index (χ0n) is 12.7. The summed E-state index contributed by atoms with van der Waals surface area (Å²) in [6, 6.07) is 7.83. The molecule has 1 aromatic carbocycles. The third-order valence-electron chi connectivity index (χ3n) is 2.98. The van der Waals surface area contributed by atoms with Crippen molar-refractivity contribution in [3.63, 3.8) is 0 Å². The standard InChI is InChI=1S/C16H22N2O3/c1-12(10-16(20)21)11-17-15(19)9-6-13-4-7-14(8-5-13)18(2)3/h4-9,12H,10-11H2,1-3H3,(H,17,19)(H,20,21)/b9-6+. The topological polar surface area (TPSA) is 69.6 Å². The van der Waals surface area contributed by atoms with E-state index in [4.69, 9.17) is 5.11 Å². The number of carboxylic acid groups (broad SMARTS) is 1. The number of anilines is 1. The van der Waals surface area contributed by atoms with Crippen molar-refractivity contribution in [1.29, 1.82) is 0 Å². The number of carbonyl (C=O) groups is 2. The van der Waals surface area contributed by atoms with Gasteiger partial charge in [0, 0.05) is 38.8 Å². The molecular formula is C16H22N2O3. The molecule has 0 bridgehead atoms. The van der Waals surface area contributed by atoms with E-state index in [1.54, 1.807) is 13.0 Å². The van der Waals surface area contributed by atoms with Crippen LogP contribution in [0.1, 0.15) is 18.9 Å². The van der Waals surface area contributed by atoms with Gasteiger partial charge in [-0.15, -0.1) is 0 Å². The Hall–Kier alpha value is -2.30. The summed E-state index contributed by atoms with van der Waals surface area (Å²) in [6.07, 6.45) is 3.24. The minimum atomic E-state index is -0.853. The maximum absolute atomic E-state index is 11.6. The molecule has 0 saturated carbocycles. The van der Waals surface area contributed by atoms with Crippen LogP contribution in [-0.4, -0.2) is 37.6 Å². The van der Waals surface area contributed by atoms with Crippen molar-refractivity contribution in [2.24, 2.45) is 5.92 Å². The molecule has 2 N–H and O–H groups in total. The smallest absolute Gasteiger partial charge is 0.303 e. The number of nitrogens with one attached hydrogen (secondary N) is 1. The predicted molar refractivity (Wildman–Crippen MR) is 84.2 cm³/mol. The van der Waals surface area contributed by atoms with Crippen molar-refractivity contribution in [3.05, 3.63) is 35.9 Å². The fraction of sp³-hybridized carbons (Fsp3) is 0.375. The molecule has 1 amide bonds. The molecule has 0 aromatic heterocycles. The van der Waals surface area contributed by atoms with Gasteiger partial charge in [0.15, 0.2) is 0 Å². The third kappa shape index (κ3) is 6.61. The van der Waals surface area contributed by atoms with E-state index in [-0.39, 0.29) is 18.2 Å². The third-order valence-corrected chi connectivity index (χ3v) is 2.98. The van der Waals surface area contributed by atoms with E-state index in [2.05, 4.69) is 5.32 Å². The highest BCUT2D eigenvalue weighted by molar-refractivity contribution is 5.91. The molecule has 5 heteroatoms. The van der Waals surface area contributed by atoms with E-state index in [0.29, 0.717) is 6.54 Å². The Morgan fingerprint density at radius 1 is 1.29 bits per heavy atom. The summed E-state index contributed by atoms with van der Waals surface area (Å²) in [4.78, 5) is 24.1. The Morgan fingerprint density at radius 2 is 1.90 bits per heavy atom. The summed E-state index contributed by atoms with van der Waals surface area (Å²) in [7, 11) is 3.94. The van der Waals surface area contributed by atoms with E-state index in [0.717, 1.165) is 11.3 Å². The number of hydrogen-bond acceptors (Lipinski definition) is 3. The number of carbonyl (C=O) groups excluding carboxylic acids is 1. The lowest BCUT2D eigenvalue weighted by Crippen LogP contribution is -2.27. The highest BCUT2D eigenvalue weighted by Crippen LogP contribution is 2.13. The largest absolute Gasteiger partial charge is 0.481 e. The molecule has 0 aliphatic heterocycles. The van der Waals surface area contributed by atoms with Gasteiger partial charge in [0.05, 0.1) is 0 Å². The highest BCUT2D eigenvalue weighted by atomic mass is 16.4. The van der Waals surface area contributed by atoms with Crippen LogP contribution in [0.2, 0.25) is 0 Å². The molecule has 21 heavy (non-hydrogen) atoms. The van der Waals surface area contributed by atoms with Gasteiger partial charge in [0.25, 0.3) is 0 Å². The molecular weight excluding hydrogens is 268 g/mol. The molecule has 0 heterocycles. The van der Waals surface area contributed by atoms with Crippen LogP contribution in [0.4, 0.5) is 5.69 Å². The molecule has 114 valence electrons. The van der Waals surface area contributed by atoms with E-state index < -0.39 is 5.97 Å². The number of amides is 1. The summed E-state index contributed by atoms with van der Waals surface area (Å²) in [5, 5.41) is 11.3. The van der Waals surface area contributed by atoms with Crippen LogP contribution in [-0.2, 0) is 9.59 Å². The molecule has 1 aromatic rings. The normalized spacial score (nSPS) is 12.1. The van der Waals surface area contributed by atoms with Gasteiger partial charge in [-0.2, -0.15) is 0 Å². The second-order valence-corrected chi connectivity index (χ2v) is 5.27. The Kier molecular flexibility index (Phi) is 6.46. The lowest BCUT2D eigenvalue weighted by molar-refractivity contribution is -0.138. The predicted octanol–water partition coefficient (Wildman–Crippen LogP) is 1.99. The zero-order valence-corrected chi connectivity index (χ0v) is 12.7. The van der Waals surface area contributed by atoms with Gasteiger partial charge in [0.1, 0.15) is 0 Å². The summed E-state index contributed by atoms with van der Waals surface area (Å²) in [5.74, 6) is -1.16. The quantitative estimate of drug-likeness (QED) is 0.754. The number of carboxylic acids is 1. The number of hydrogen-bond donors (Lipinski definition) is 2. The van der Waals surface area contributed by atoms with Crippen LogP contribution in [0.5, 0.6) is 0 Å². The first kappa shape index (κ1) is 16.8. The maximum atomic E-state index is 11.6. The van der Waals surface area contributed by atoms with Crippen molar-refractivity contribution < 1.29 is 14.7 Å². The van der Waals surface area contributed by atoms with Gasteiger partial charge in [-0.05, 0) is 29.7 Å². The summed E-state index contributed by atoms with van der Waals surface area (Å²) in [5.41, 5.74) is 2.04. The van der Waals surface area contributed by atoms with E-state index in [1.807, 2.05) is 43.3 Å². The van der Waals surface area contributed by atoms with Gasteiger partial charge in [-0.3, -0.25) is 9.59 Å². The van der Waals surface area contributed by atoms with E-state index in [9.17, 15) is 9.59 Å². The first-order valence-electron chi connectivity index (χ1n) is 6.83. The maximum Gasteiger partial charge on any atom is 0.303 e. The zero-order chi connectivity index (χ0) is 15.8. The summed E-state index contributed by atoms with van der Waals surface area (Å²) < 4.78 is 0. The lowest BCUT2D eigenvalue weighted by Gasteiger charge is -2.11. The average molecular weight is 290 g/mol. The van der Waals surface area contributed by atoms with E-state index in [1.165, 1.54) is 6.08 Å². The van der Waals surface area contributed by atoms with Crippen LogP contribution in [0.15, 0.2) is 30.3 Å². The molecule has 0 aliphatic carbocycles. The van der Waals surface area contributed by atoms with Gasteiger partial charge >= 0.3 is 5.97 Å². The van der Waals surface area contributed by atoms with Crippen LogP contribution < -0.4 is 10.2 Å². The van der Waals surface area contributed by atoms with Crippen LogP contribution in [0.25, 0.3) is 6.08 Å².